The van der Waals surface area contributed by atoms with Crippen molar-refractivity contribution in [2.75, 3.05) is 0 Å². The van der Waals surface area contributed by atoms with E-state index in [9.17, 15) is 0 Å². The molecule has 0 spiro atoms. The molecule has 0 aromatic carbocycles. The van der Waals surface area contributed by atoms with Crippen LogP contribution in [-0.2, 0) is 4.12 Å². The van der Waals surface area contributed by atoms with Gasteiger partial charge in [-0.2, -0.15) is 0 Å². The summed E-state index contributed by atoms with van der Waals surface area (Å²) in [5.74, 6) is 0. The van der Waals surface area contributed by atoms with Crippen molar-refractivity contribution >= 4 is 25.4 Å². The first-order chi connectivity index (χ1) is 9.31. The summed E-state index contributed by atoms with van der Waals surface area (Å²) in [5.41, 5.74) is 0. The molecule has 0 saturated carbocycles. The lowest BCUT2D eigenvalue weighted by atomic mass is 10.5. The summed E-state index contributed by atoms with van der Waals surface area (Å²) in [7, 11) is -3.16. The Labute approximate surface area is 132 Å². The summed E-state index contributed by atoms with van der Waals surface area (Å²) >= 11 is 0. The molecule has 1 nitrogen and oxygen atoms in total. The van der Waals surface area contributed by atoms with Crippen molar-refractivity contribution in [2.45, 2.75) is 103 Å². The second-order valence-corrected chi connectivity index (χ2v) is 19.6. The molecule has 0 aromatic rings. The molecule has 0 bridgehead atoms. The predicted molar refractivity (Wildman–Crippen MR) is 103 cm³/mol. The van der Waals surface area contributed by atoms with Gasteiger partial charge in [0, 0.05) is 0 Å². The van der Waals surface area contributed by atoms with E-state index >= 15 is 0 Å². The van der Waals surface area contributed by atoms with Crippen molar-refractivity contribution in [2.24, 2.45) is 0 Å². The van der Waals surface area contributed by atoms with Gasteiger partial charge in [-0.1, -0.05) is 70.6 Å². The van der Waals surface area contributed by atoms with Gasteiger partial charge in [0.25, 0.3) is 0 Å². The maximum absolute atomic E-state index is 6.33. The smallest absolute Gasteiger partial charge is 0.173 e. The lowest BCUT2D eigenvalue weighted by molar-refractivity contribution is 0.568. The maximum Gasteiger partial charge on any atom is 0.173 e. The lowest BCUT2D eigenvalue weighted by Crippen LogP contribution is -2.37. The summed E-state index contributed by atoms with van der Waals surface area (Å²) in [6.07, 6.45) is 5.67. The molecule has 20 heavy (non-hydrogen) atoms. The highest BCUT2D eigenvalue weighted by molar-refractivity contribution is 6.80. The SMILES string of the molecule is CCC[Si](CCC)(CCC)CCC[Si](C)(C)O[SiH](C)C. The quantitative estimate of drug-likeness (QED) is 0.383. The molecule has 0 aliphatic carbocycles. The zero-order chi connectivity index (χ0) is 15.6. The summed E-state index contributed by atoms with van der Waals surface area (Å²) in [4.78, 5) is 0. The molecule has 122 valence electrons. The average Bonchev–Trinajstić information content (AvgIpc) is 2.27. The van der Waals surface area contributed by atoms with Gasteiger partial charge in [0.2, 0.25) is 0 Å². The lowest BCUT2D eigenvalue weighted by Gasteiger charge is -2.33. The van der Waals surface area contributed by atoms with Gasteiger partial charge in [-0.05, 0) is 32.2 Å². The number of rotatable bonds is 12. The Morgan fingerprint density at radius 2 is 1.20 bits per heavy atom. The van der Waals surface area contributed by atoms with Crippen molar-refractivity contribution in [3.8, 4) is 0 Å². The normalized spacial score (nSPS) is 13.2. The van der Waals surface area contributed by atoms with E-state index in [1.54, 1.807) is 24.2 Å². The third-order valence-corrected chi connectivity index (χ3v) is 16.5. The Balaban J connectivity index is 4.44. The molecule has 0 heterocycles. The largest absolute Gasteiger partial charge is 0.458 e. The Morgan fingerprint density at radius 1 is 0.750 bits per heavy atom. The Kier molecular flexibility index (Phi) is 10.7. The standard InChI is InChI=1S/C16H40OSi3/c1-8-12-20(13-9-2,14-10-3)16-11-15-19(6,7)17-18(4)5/h18H,8-16H2,1-7H3. The second kappa shape index (κ2) is 10.4. The van der Waals surface area contributed by atoms with Gasteiger partial charge in [-0.15, -0.1) is 0 Å². The highest BCUT2D eigenvalue weighted by Gasteiger charge is 2.31. The minimum Gasteiger partial charge on any atom is -0.458 e. The fourth-order valence-corrected chi connectivity index (χ4v) is 16.5. The van der Waals surface area contributed by atoms with Crippen LogP contribution in [0.15, 0.2) is 0 Å². The van der Waals surface area contributed by atoms with E-state index in [1.165, 1.54) is 31.7 Å². The minimum atomic E-state index is -1.35. The molecule has 0 aliphatic heterocycles. The fourth-order valence-electron chi connectivity index (χ4n) is 3.93. The minimum absolute atomic E-state index is 0.847. The van der Waals surface area contributed by atoms with Crippen LogP contribution in [0.25, 0.3) is 0 Å². The van der Waals surface area contributed by atoms with Crippen LogP contribution in [0.1, 0.15) is 46.5 Å². The number of hydrogen-bond acceptors (Lipinski definition) is 1. The average molecular weight is 333 g/mol. The van der Waals surface area contributed by atoms with Gasteiger partial charge < -0.3 is 4.12 Å². The van der Waals surface area contributed by atoms with Gasteiger partial charge >= 0.3 is 0 Å². The molecule has 0 amide bonds. The van der Waals surface area contributed by atoms with Crippen LogP contribution >= 0.6 is 0 Å². The zero-order valence-electron chi connectivity index (χ0n) is 15.3. The van der Waals surface area contributed by atoms with Crippen molar-refractivity contribution in [1.82, 2.24) is 0 Å². The Hall–Kier alpha value is 0.611. The molecule has 0 unspecified atom stereocenters. The van der Waals surface area contributed by atoms with Crippen molar-refractivity contribution in [3.63, 3.8) is 0 Å². The second-order valence-electron chi connectivity index (χ2n) is 7.53. The van der Waals surface area contributed by atoms with Crippen molar-refractivity contribution < 1.29 is 4.12 Å². The van der Waals surface area contributed by atoms with E-state index in [0.29, 0.717) is 0 Å². The van der Waals surface area contributed by atoms with E-state index in [2.05, 4.69) is 47.0 Å². The Morgan fingerprint density at radius 3 is 1.55 bits per heavy atom. The summed E-state index contributed by atoms with van der Waals surface area (Å²) < 4.78 is 6.33. The van der Waals surface area contributed by atoms with Crippen LogP contribution in [0.2, 0.25) is 56.4 Å². The zero-order valence-corrected chi connectivity index (χ0v) is 18.5. The van der Waals surface area contributed by atoms with Gasteiger partial charge in [-0.3, -0.25) is 0 Å². The fraction of sp³-hybridized carbons (Fsp3) is 1.00. The van der Waals surface area contributed by atoms with E-state index in [0.717, 1.165) is 0 Å². The maximum atomic E-state index is 6.33. The Bertz CT molecular complexity index is 225. The first-order valence-electron chi connectivity index (χ1n) is 8.98. The van der Waals surface area contributed by atoms with Crippen molar-refractivity contribution in [3.05, 3.63) is 0 Å². The number of hydrogen-bond donors (Lipinski definition) is 0. The molecule has 0 aromatic heterocycles. The third-order valence-electron chi connectivity index (χ3n) is 4.38. The van der Waals surface area contributed by atoms with Crippen LogP contribution in [0, 0.1) is 0 Å². The molecule has 4 heteroatoms. The molecule has 0 N–H and O–H groups in total. The first kappa shape index (κ1) is 20.6. The summed E-state index contributed by atoms with van der Waals surface area (Å²) in [6, 6.07) is 7.66. The van der Waals surface area contributed by atoms with Gasteiger partial charge in [-0.25, -0.2) is 0 Å². The molecular weight excluding hydrogens is 292 g/mol. The van der Waals surface area contributed by atoms with Gasteiger partial charge in [0.05, 0.1) is 8.07 Å². The van der Waals surface area contributed by atoms with Gasteiger partial charge in [0.15, 0.2) is 17.4 Å². The van der Waals surface area contributed by atoms with E-state index in [-0.39, 0.29) is 0 Å². The summed E-state index contributed by atoms with van der Waals surface area (Å²) in [5, 5.41) is 0. The highest BCUT2D eigenvalue weighted by atomic mass is 28.4. The van der Waals surface area contributed by atoms with Crippen LogP contribution in [0.4, 0.5) is 0 Å². The first-order valence-corrected chi connectivity index (χ1v) is 17.7. The molecular formula is C16H40OSi3. The molecule has 0 rings (SSSR count). The van der Waals surface area contributed by atoms with E-state index in [4.69, 9.17) is 4.12 Å². The van der Waals surface area contributed by atoms with Crippen LogP contribution in [0.5, 0.6) is 0 Å². The van der Waals surface area contributed by atoms with Crippen LogP contribution in [-0.4, -0.2) is 25.4 Å². The topological polar surface area (TPSA) is 9.23 Å². The van der Waals surface area contributed by atoms with E-state index < -0.39 is 25.4 Å². The third kappa shape index (κ3) is 8.80. The molecule has 0 radical (unpaired) electrons. The van der Waals surface area contributed by atoms with E-state index in [1.807, 2.05) is 0 Å². The molecule has 0 atom stereocenters. The highest BCUT2D eigenvalue weighted by Crippen LogP contribution is 2.33. The van der Waals surface area contributed by atoms with Crippen molar-refractivity contribution in [1.29, 1.82) is 0 Å². The van der Waals surface area contributed by atoms with Crippen LogP contribution in [0.3, 0.4) is 0 Å². The molecule has 0 saturated heterocycles. The summed E-state index contributed by atoms with van der Waals surface area (Å²) in [6.45, 7) is 16.7. The molecule has 0 aliphatic rings. The van der Waals surface area contributed by atoms with Crippen LogP contribution < -0.4 is 0 Å². The predicted octanol–water partition coefficient (Wildman–Crippen LogP) is 6.26. The van der Waals surface area contributed by atoms with Gasteiger partial charge in [0.1, 0.15) is 0 Å². The monoisotopic (exact) mass is 332 g/mol. The molecule has 0 fully saturated rings.